The molecule has 1 aliphatic rings. The van der Waals surface area contributed by atoms with Crippen LogP contribution in [0.2, 0.25) is 0 Å². The van der Waals surface area contributed by atoms with Crippen molar-refractivity contribution in [3.05, 3.63) is 11.8 Å². The minimum Gasteiger partial charge on any atom is -0.477 e. The topological polar surface area (TPSA) is 27.1 Å². The third-order valence-electron chi connectivity index (χ3n) is 2.59. The number of nitrogens with zero attached hydrogens (tertiary/aromatic N) is 2. The molecule has 16 heavy (non-hydrogen) atoms. The van der Waals surface area contributed by atoms with Crippen molar-refractivity contribution in [2.24, 2.45) is 5.92 Å². The minimum absolute atomic E-state index is 0.119. The molecule has 0 fully saturated rings. The van der Waals surface area contributed by atoms with Crippen molar-refractivity contribution < 1.29 is 4.74 Å². The summed E-state index contributed by atoms with van der Waals surface area (Å²) in [5.74, 6) is 1.53. The third-order valence-corrected chi connectivity index (χ3v) is 2.59. The summed E-state index contributed by atoms with van der Waals surface area (Å²) in [5, 5.41) is 4.37. The van der Waals surface area contributed by atoms with Gasteiger partial charge in [0.1, 0.15) is 0 Å². The molecule has 0 saturated carbocycles. The highest BCUT2D eigenvalue weighted by atomic mass is 16.5. The van der Waals surface area contributed by atoms with Gasteiger partial charge in [0.2, 0.25) is 5.88 Å². The first-order chi connectivity index (χ1) is 7.48. The van der Waals surface area contributed by atoms with E-state index in [0.717, 1.165) is 19.0 Å². The molecule has 0 bridgehead atoms. The maximum absolute atomic E-state index is 5.73. The molecular formula is C13H24N2O. The fraction of sp³-hybridized carbons (Fsp3) is 0.769. The summed E-state index contributed by atoms with van der Waals surface area (Å²) in [7, 11) is 0. The van der Waals surface area contributed by atoms with Crippen LogP contribution in [-0.4, -0.2) is 16.4 Å². The molecule has 0 aromatic carbocycles. The van der Waals surface area contributed by atoms with Crippen molar-refractivity contribution in [3.63, 3.8) is 0 Å². The Bertz CT molecular complexity index is 336. The molecule has 2 rings (SSSR count). The predicted molar refractivity (Wildman–Crippen MR) is 66.9 cm³/mol. The van der Waals surface area contributed by atoms with Gasteiger partial charge in [-0.25, -0.2) is 4.68 Å². The van der Waals surface area contributed by atoms with Crippen LogP contribution in [0.4, 0.5) is 0 Å². The molecule has 1 aliphatic heterocycles. The summed E-state index contributed by atoms with van der Waals surface area (Å²) >= 11 is 0. The lowest BCUT2D eigenvalue weighted by atomic mass is 9.89. The van der Waals surface area contributed by atoms with Gasteiger partial charge in [-0.3, -0.25) is 0 Å². The van der Waals surface area contributed by atoms with Crippen LogP contribution < -0.4 is 4.74 Å². The van der Waals surface area contributed by atoms with Gasteiger partial charge in [-0.15, -0.1) is 0 Å². The highest BCUT2D eigenvalue weighted by Gasteiger charge is 2.27. The molecule has 1 atom stereocenters. The van der Waals surface area contributed by atoms with Gasteiger partial charge >= 0.3 is 0 Å². The van der Waals surface area contributed by atoms with Crippen LogP contribution in [0.1, 0.15) is 47.1 Å². The average molecular weight is 224 g/mol. The summed E-state index contributed by atoms with van der Waals surface area (Å²) in [4.78, 5) is 0. The van der Waals surface area contributed by atoms with Crippen LogP contribution in [0, 0.1) is 5.92 Å². The van der Waals surface area contributed by atoms with Crippen molar-refractivity contribution in [3.8, 4) is 5.88 Å². The lowest BCUT2D eigenvalue weighted by Gasteiger charge is -2.25. The second kappa shape index (κ2) is 4.89. The number of fused-ring (bicyclic) bond motifs is 1. The summed E-state index contributed by atoms with van der Waals surface area (Å²) < 4.78 is 7.71. The van der Waals surface area contributed by atoms with Crippen molar-refractivity contribution >= 4 is 0 Å². The largest absolute Gasteiger partial charge is 0.477 e. The average Bonchev–Trinajstić information content (AvgIpc) is 2.62. The van der Waals surface area contributed by atoms with E-state index in [1.54, 1.807) is 0 Å². The van der Waals surface area contributed by atoms with Gasteiger partial charge in [0.05, 0.1) is 19.3 Å². The second-order valence-corrected chi connectivity index (χ2v) is 5.21. The molecule has 0 aliphatic carbocycles. The number of hydrogen-bond acceptors (Lipinski definition) is 2. The molecule has 1 aromatic rings. The van der Waals surface area contributed by atoms with Gasteiger partial charge in [-0.05, 0) is 5.41 Å². The summed E-state index contributed by atoms with van der Waals surface area (Å²) in [6.45, 7) is 14.5. The van der Waals surface area contributed by atoms with Gasteiger partial charge in [0, 0.05) is 11.5 Å². The Labute approximate surface area is 98.8 Å². The summed E-state index contributed by atoms with van der Waals surface area (Å²) in [6.07, 6.45) is 1.94. The molecule has 0 radical (unpaired) electrons. The van der Waals surface area contributed by atoms with Crippen LogP contribution in [0.15, 0.2) is 6.20 Å². The van der Waals surface area contributed by atoms with Crippen LogP contribution in [0.3, 0.4) is 0 Å². The Morgan fingerprint density at radius 3 is 2.56 bits per heavy atom. The Morgan fingerprint density at radius 2 is 2.00 bits per heavy atom. The number of rotatable bonds is 0. The van der Waals surface area contributed by atoms with Gasteiger partial charge < -0.3 is 4.74 Å². The zero-order valence-electron chi connectivity index (χ0n) is 11.4. The highest BCUT2D eigenvalue weighted by Crippen LogP contribution is 2.33. The Morgan fingerprint density at radius 1 is 1.38 bits per heavy atom. The highest BCUT2D eigenvalue weighted by molar-refractivity contribution is 5.31. The number of aromatic nitrogens is 2. The molecule has 1 aromatic heterocycles. The van der Waals surface area contributed by atoms with Crippen molar-refractivity contribution in [2.75, 3.05) is 6.61 Å². The minimum atomic E-state index is 0.119. The van der Waals surface area contributed by atoms with E-state index in [0.29, 0.717) is 5.92 Å². The quantitative estimate of drug-likeness (QED) is 0.676. The maximum Gasteiger partial charge on any atom is 0.215 e. The van der Waals surface area contributed by atoms with Crippen LogP contribution in [-0.2, 0) is 12.0 Å². The van der Waals surface area contributed by atoms with Crippen molar-refractivity contribution in [1.82, 2.24) is 9.78 Å². The zero-order chi connectivity index (χ0) is 12.3. The van der Waals surface area contributed by atoms with E-state index in [1.165, 1.54) is 5.56 Å². The molecule has 0 saturated heterocycles. The zero-order valence-corrected chi connectivity index (χ0v) is 11.4. The van der Waals surface area contributed by atoms with E-state index >= 15 is 0 Å². The standard InChI is InChI=1S/C11H18N2O.C2H6/c1-8-6-13-10(14-7-8)9(5-12-13)11(2,3)4;1-2/h5,8H,6-7H2,1-4H3;1-2H3. The van der Waals surface area contributed by atoms with Crippen molar-refractivity contribution in [2.45, 2.75) is 53.5 Å². The van der Waals surface area contributed by atoms with E-state index < -0.39 is 0 Å². The smallest absolute Gasteiger partial charge is 0.215 e. The normalized spacial score (nSPS) is 19.2. The van der Waals surface area contributed by atoms with E-state index in [4.69, 9.17) is 4.74 Å². The molecule has 92 valence electrons. The maximum atomic E-state index is 5.73. The molecule has 2 heterocycles. The number of hydrogen-bond donors (Lipinski definition) is 0. The summed E-state index contributed by atoms with van der Waals surface area (Å²) in [5.41, 5.74) is 1.33. The fourth-order valence-electron chi connectivity index (χ4n) is 1.74. The number of ether oxygens (including phenoxy) is 1. The van der Waals surface area contributed by atoms with Crippen LogP contribution in [0.5, 0.6) is 5.88 Å². The molecule has 1 unspecified atom stereocenters. The molecule has 3 nitrogen and oxygen atoms in total. The van der Waals surface area contributed by atoms with E-state index in [1.807, 2.05) is 24.7 Å². The first-order valence-electron chi connectivity index (χ1n) is 6.17. The van der Waals surface area contributed by atoms with Gasteiger partial charge in [-0.1, -0.05) is 41.5 Å². The van der Waals surface area contributed by atoms with Gasteiger partial charge in [0.25, 0.3) is 0 Å². The lowest BCUT2D eigenvalue weighted by molar-refractivity contribution is 0.171. The SMILES string of the molecule is CC.CC1COc2c(C(C)(C)C)cnn2C1. The molecule has 3 heteroatoms. The van der Waals surface area contributed by atoms with Gasteiger partial charge in [0.15, 0.2) is 0 Å². The van der Waals surface area contributed by atoms with E-state index in [9.17, 15) is 0 Å². The van der Waals surface area contributed by atoms with Crippen LogP contribution >= 0.6 is 0 Å². The molecule has 0 spiro atoms. The first kappa shape index (κ1) is 13.1. The fourth-order valence-corrected chi connectivity index (χ4v) is 1.74. The van der Waals surface area contributed by atoms with E-state index in [-0.39, 0.29) is 5.41 Å². The first-order valence-corrected chi connectivity index (χ1v) is 6.17. The Balaban J connectivity index is 0.000000606. The monoisotopic (exact) mass is 224 g/mol. The van der Waals surface area contributed by atoms with Crippen LogP contribution in [0.25, 0.3) is 0 Å². The third kappa shape index (κ3) is 2.57. The van der Waals surface area contributed by atoms with Gasteiger partial charge in [-0.2, -0.15) is 5.10 Å². The summed E-state index contributed by atoms with van der Waals surface area (Å²) in [6, 6.07) is 0. The predicted octanol–water partition coefficient (Wildman–Crippen LogP) is 3.24. The molecule has 0 N–H and O–H groups in total. The molecule has 0 amide bonds. The Hall–Kier alpha value is -0.990. The van der Waals surface area contributed by atoms with Crippen molar-refractivity contribution in [1.29, 1.82) is 0 Å². The Kier molecular flexibility index (Phi) is 4.00. The lowest BCUT2D eigenvalue weighted by Crippen LogP contribution is -2.25. The molecular weight excluding hydrogens is 200 g/mol. The van der Waals surface area contributed by atoms with E-state index in [2.05, 4.69) is 32.8 Å². The second-order valence-electron chi connectivity index (χ2n) is 5.21.